The SMILES string of the molecule is CC(=O)O[C@H](c1cc(Br)c(CCCCO)o1)[C@H](Cc1ccccc1)C(=O)N1C(=O)OC(C)(C)[C@@H]1C(C)C. The van der Waals surface area contributed by atoms with Crippen LogP contribution in [-0.4, -0.2) is 46.2 Å². The number of aryl methyl sites for hydroxylation is 1. The lowest BCUT2D eigenvalue weighted by atomic mass is 9.86. The van der Waals surface area contributed by atoms with Crippen molar-refractivity contribution in [3.8, 4) is 0 Å². The number of rotatable bonds is 11. The van der Waals surface area contributed by atoms with Gasteiger partial charge in [0.2, 0.25) is 5.91 Å². The van der Waals surface area contributed by atoms with Gasteiger partial charge < -0.3 is 19.0 Å². The summed E-state index contributed by atoms with van der Waals surface area (Å²) in [5.41, 5.74) is -0.0253. The van der Waals surface area contributed by atoms with Gasteiger partial charge in [0.1, 0.15) is 17.1 Å². The fraction of sp³-hybridized carbons (Fsp3) is 0.536. The molecule has 0 bridgehead atoms. The third-order valence-electron chi connectivity index (χ3n) is 6.55. The molecule has 1 aromatic heterocycles. The quantitative estimate of drug-likeness (QED) is 0.273. The lowest BCUT2D eigenvalue weighted by molar-refractivity contribution is -0.156. The van der Waals surface area contributed by atoms with E-state index in [1.54, 1.807) is 19.9 Å². The molecule has 1 aromatic carbocycles. The van der Waals surface area contributed by atoms with Gasteiger partial charge in [0.25, 0.3) is 0 Å². The molecule has 0 saturated carbocycles. The molecule has 8 nitrogen and oxygen atoms in total. The van der Waals surface area contributed by atoms with Crippen LogP contribution in [0.15, 0.2) is 45.3 Å². The van der Waals surface area contributed by atoms with Gasteiger partial charge in [-0.05, 0) is 66.6 Å². The number of amides is 2. The van der Waals surface area contributed by atoms with Crippen LogP contribution in [0.2, 0.25) is 0 Å². The van der Waals surface area contributed by atoms with Crippen molar-refractivity contribution < 1.29 is 33.4 Å². The number of imide groups is 1. The summed E-state index contributed by atoms with van der Waals surface area (Å²) < 4.78 is 18.1. The number of carbonyl (C=O) groups excluding carboxylic acids is 3. The summed E-state index contributed by atoms with van der Waals surface area (Å²) in [4.78, 5) is 40.7. The predicted octanol–water partition coefficient (Wildman–Crippen LogP) is 5.60. The molecule has 0 unspecified atom stereocenters. The van der Waals surface area contributed by atoms with E-state index in [9.17, 15) is 14.4 Å². The maximum Gasteiger partial charge on any atom is 0.417 e. The van der Waals surface area contributed by atoms with Crippen molar-refractivity contribution in [1.82, 2.24) is 4.90 Å². The van der Waals surface area contributed by atoms with Gasteiger partial charge in [-0.1, -0.05) is 44.2 Å². The molecule has 37 heavy (non-hydrogen) atoms. The first-order valence-corrected chi connectivity index (χ1v) is 13.4. The number of cyclic esters (lactones) is 1. The second-order valence-electron chi connectivity index (χ2n) is 10.3. The number of nitrogens with zero attached hydrogens (tertiary/aromatic N) is 1. The van der Waals surface area contributed by atoms with Crippen LogP contribution in [0.1, 0.15) is 70.6 Å². The van der Waals surface area contributed by atoms with Crippen molar-refractivity contribution in [2.24, 2.45) is 11.8 Å². The summed E-state index contributed by atoms with van der Waals surface area (Å²) in [6.07, 6.45) is 0.320. The third kappa shape index (κ3) is 6.82. The van der Waals surface area contributed by atoms with E-state index in [1.165, 1.54) is 11.8 Å². The number of hydrogen-bond donors (Lipinski definition) is 1. The summed E-state index contributed by atoms with van der Waals surface area (Å²) in [6, 6.07) is 10.6. The van der Waals surface area contributed by atoms with Gasteiger partial charge in [0, 0.05) is 20.0 Å². The normalized spacial score (nSPS) is 18.5. The topological polar surface area (TPSA) is 106 Å². The molecule has 1 aliphatic rings. The highest BCUT2D eigenvalue weighted by Gasteiger charge is 2.54. The minimum absolute atomic E-state index is 0.0640. The highest BCUT2D eigenvalue weighted by molar-refractivity contribution is 9.10. The van der Waals surface area contributed by atoms with Gasteiger partial charge in [-0.15, -0.1) is 0 Å². The summed E-state index contributed by atoms with van der Waals surface area (Å²) in [5.74, 6) is -1.13. The first-order chi connectivity index (χ1) is 17.5. The van der Waals surface area contributed by atoms with Crippen molar-refractivity contribution in [3.63, 3.8) is 0 Å². The fourth-order valence-electron chi connectivity index (χ4n) is 5.11. The van der Waals surface area contributed by atoms with Crippen LogP contribution in [0.4, 0.5) is 4.79 Å². The largest absolute Gasteiger partial charge is 0.461 e. The Balaban J connectivity index is 2.07. The average molecular weight is 579 g/mol. The summed E-state index contributed by atoms with van der Waals surface area (Å²) >= 11 is 3.51. The molecule has 0 spiro atoms. The molecule has 1 fully saturated rings. The molecule has 2 amide bonds. The molecular weight excluding hydrogens is 542 g/mol. The number of aliphatic hydroxyl groups is 1. The van der Waals surface area contributed by atoms with Crippen LogP contribution >= 0.6 is 15.9 Å². The molecule has 2 aromatic rings. The second kappa shape index (κ2) is 12.3. The Morgan fingerprint density at radius 2 is 1.86 bits per heavy atom. The maximum atomic E-state index is 14.2. The van der Waals surface area contributed by atoms with Gasteiger partial charge in [-0.3, -0.25) is 9.59 Å². The zero-order chi connectivity index (χ0) is 27.3. The molecule has 1 aliphatic heterocycles. The Kier molecular flexibility index (Phi) is 9.58. The average Bonchev–Trinajstić information content (AvgIpc) is 3.31. The van der Waals surface area contributed by atoms with Gasteiger partial charge in [-0.25, -0.2) is 9.69 Å². The number of ether oxygens (including phenoxy) is 2. The Hall–Kier alpha value is -2.65. The Morgan fingerprint density at radius 1 is 1.19 bits per heavy atom. The van der Waals surface area contributed by atoms with Crippen LogP contribution in [0, 0.1) is 11.8 Å². The van der Waals surface area contributed by atoms with Gasteiger partial charge in [-0.2, -0.15) is 0 Å². The smallest absolute Gasteiger partial charge is 0.417 e. The molecule has 1 N–H and O–H groups in total. The standard InChI is InChI=1S/C28H36BrNO7/c1-17(2)25-28(4,5)37-27(34)30(25)26(33)20(15-19-11-7-6-8-12-19)24(35-18(3)32)23-16-21(29)22(36-23)13-9-10-14-31/h6-8,11-12,16-17,20,24-25,31H,9-10,13-15H2,1-5H3/t20-,24-,25-/m0/s1. The minimum atomic E-state index is -1.07. The van der Waals surface area contributed by atoms with E-state index in [-0.39, 0.29) is 18.9 Å². The molecule has 202 valence electrons. The molecule has 2 heterocycles. The number of hydrogen-bond acceptors (Lipinski definition) is 7. The summed E-state index contributed by atoms with van der Waals surface area (Å²) in [5, 5.41) is 9.12. The molecule has 0 radical (unpaired) electrons. The molecule has 3 atom stereocenters. The number of aliphatic hydroxyl groups excluding tert-OH is 1. The number of halogens is 1. The number of furan rings is 1. The molecule has 1 saturated heterocycles. The summed E-state index contributed by atoms with van der Waals surface area (Å²) in [6.45, 7) is 8.82. The zero-order valence-electron chi connectivity index (χ0n) is 22.0. The van der Waals surface area contributed by atoms with Crippen molar-refractivity contribution in [3.05, 3.63) is 58.0 Å². The van der Waals surface area contributed by atoms with Crippen LogP contribution in [0.3, 0.4) is 0 Å². The fourth-order valence-corrected chi connectivity index (χ4v) is 5.61. The lowest BCUT2D eigenvalue weighted by Gasteiger charge is -2.34. The Bertz CT molecular complexity index is 1100. The van der Waals surface area contributed by atoms with Crippen LogP contribution in [0.5, 0.6) is 0 Å². The number of benzene rings is 1. The van der Waals surface area contributed by atoms with E-state index < -0.39 is 41.6 Å². The number of unbranched alkanes of at least 4 members (excludes halogenated alkanes) is 1. The number of carbonyl (C=O) groups is 3. The van der Waals surface area contributed by atoms with Gasteiger partial charge >= 0.3 is 12.1 Å². The monoisotopic (exact) mass is 577 g/mol. The molecule has 3 rings (SSSR count). The van der Waals surface area contributed by atoms with E-state index >= 15 is 0 Å². The first kappa shape index (κ1) is 28.9. The van der Waals surface area contributed by atoms with Gasteiger partial charge in [0.15, 0.2) is 6.10 Å². The van der Waals surface area contributed by atoms with Crippen molar-refractivity contribution in [2.45, 2.75) is 78.0 Å². The zero-order valence-corrected chi connectivity index (χ0v) is 23.6. The van der Waals surface area contributed by atoms with Crippen LogP contribution in [0.25, 0.3) is 0 Å². The number of esters is 1. The van der Waals surface area contributed by atoms with E-state index in [2.05, 4.69) is 15.9 Å². The van der Waals surface area contributed by atoms with Gasteiger partial charge in [0.05, 0.1) is 16.4 Å². The van der Waals surface area contributed by atoms with Crippen molar-refractivity contribution >= 4 is 33.9 Å². The second-order valence-corrected chi connectivity index (χ2v) is 11.1. The predicted molar refractivity (Wildman–Crippen MR) is 141 cm³/mol. The van der Waals surface area contributed by atoms with Crippen LogP contribution < -0.4 is 0 Å². The van der Waals surface area contributed by atoms with E-state index in [4.69, 9.17) is 19.0 Å². The lowest BCUT2D eigenvalue weighted by Crippen LogP contribution is -2.51. The van der Waals surface area contributed by atoms with Crippen molar-refractivity contribution in [2.75, 3.05) is 6.61 Å². The van der Waals surface area contributed by atoms with Crippen molar-refractivity contribution in [1.29, 1.82) is 0 Å². The highest BCUT2D eigenvalue weighted by Crippen LogP contribution is 2.40. The molecule has 0 aliphatic carbocycles. The first-order valence-electron chi connectivity index (χ1n) is 12.6. The summed E-state index contributed by atoms with van der Waals surface area (Å²) in [7, 11) is 0. The van der Waals surface area contributed by atoms with E-state index in [1.807, 2.05) is 44.2 Å². The molecule has 9 heteroatoms. The van der Waals surface area contributed by atoms with E-state index in [0.29, 0.717) is 35.3 Å². The van der Waals surface area contributed by atoms with E-state index in [0.717, 1.165) is 5.56 Å². The minimum Gasteiger partial charge on any atom is -0.461 e. The maximum absolute atomic E-state index is 14.2. The Morgan fingerprint density at radius 3 is 2.46 bits per heavy atom. The van der Waals surface area contributed by atoms with Crippen LogP contribution in [-0.2, 0) is 31.9 Å². The Labute approximate surface area is 226 Å². The highest BCUT2D eigenvalue weighted by atomic mass is 79.9. The molecular formula is C28H36BrNO7. The third-order valence-corrected chi connectivity index (χ3v) is 7.22.